The highest BCUT2D eigenvalue weighted by Crippen LogP contribution is 2.33. The first-order valence-corrected chi connectivity index (χ1v) is 8.17. The summed E-state index contributed by atoms with van der Waals surface area (Å²) in [5.41, 5.74) is -1.43. The van der Waals surface area contributed by atoms with Gasteiger partial charge in [-0.15, -0.1) is 0 Å². The Bertz CT molecular complexity index is 752. The van der Waals surface area contributed by atoms with Crippen molar-refractivity contribution >= 4 is 17.5 Å². The molecule has 134 valence electrons. The largest absolute Gasteiger partial charge is 0.434 e. The fourth-order valence-corrected chi connectivity index (χ4v) is 2.93. The zero-order valence-corrected chi connectivity index (χ0v) is 13.9. The maximum atomic E-state index is 13.5. The van der Waals surface area contributed by atoms with Crippen LogP contribution in [0.25, 0.3) is 5.69 Å². The maximum absolute atomic E-state index is 13.5. The van der Waals surface area contributed by atoms with Gasteiger partial charge in [0.25, 0.3) is 5.91 Å². The summed E-state index contributed by atoms with van der Waals surface area (Å²) in [5, 5.41) is 9.88. The zero-order chi connectivity index (χ0) is 18.0. The summed E-state index contributed by atoms with van der Waals surface area (Å²) in [4.78, 5) is 12.3. The lowest BCUT2D eigenvalue weighted by molar-refractivity contribution is -0.143. The van der Waals surface area contributed by atoms with Gasteiger partial charge in [-0.3, -0.25) is 4.79 Å². The van der Waals surface area contributed by atoms with E-state index in [1.807, 2.05) is 0 Å². The number of nitrogens with zero attached hydrogens (tertiary/aromatic N) is 2. The van der Waals surface area contributed by atoms with Crippen LogP contribution in [0, 0.1) is 0 Å². The maximum Gasteiger partial charge on any atom is 0.434 e. The van der Waals surface area contributed by atoms with Gasteiger partial charge in [0.2, 0.25) is 0 Å². The number of rotatable bonds is 4. The van der Waals surface area contributed by atoms with E-state index in [1.54, 1.807) is 0 Å². The van der Waals surface area contributed by atoms with Crippen LogP contribution in [-0.4, -0.2) is 34.8 Å². The van der Waals surface area contributed by atoms with Gasteiger partial charge in [0.05, 0.1) is 17.4 Å². The molecular formula is C16H16ClF3N4O. The van der Waals surface area contributed by atoms with Crippen LogP contribution in [0.5, 0.6) is 0 Å². The third-order valence-corrected chi connectivity index (χ3v) is 4.28. The Morgan fingerprint density at radius 2 is 2.08 bits per heavy atom. The zero-order valence-electron chi connectivity index (χ0n) is 13.1. The lowest BCUT2D eigenvalue weighted by Crippen LogP contribution is -2.37. The van der Waals surface area contributed by atoms with Crippen molar-refractivity contribution in [1.82, 2.24) is 20.4 Å². The Hall–Kier alpha value is -2.06. The van der Waals surface area contributed by atoms with E-state index in [0.29, 0.717) is 9.70 Å². The number of benzene rings is 1. The number of alkyl halides is 3. The minimum Gasteiger partial charge on any atom is -0.350 e. The first kappa shape index (κ1) is 17.8. The van der Waals surface area contributed by atoms with E-state index in [4.69, 9.17) is 11.6 Å². The summed E-state index contributed by atoms with van der Waals surface area (Å²) in [6.45, 7) is 1.13. The van der Waals surface area contributed by atoms with Crippen molar-refractivity contribution in [3.05, 3.63) is 46.7 Å². The molecule has 1 aliphatic rings. The monoisotopic (exact) mass is 372 g/mol. The predicted octanol–water partition coefficient (Wildman–Crippen LogP) is 3.03. The number of hydrogen-bond acceptors (Lipinski definition) is 3. The average Bonchev–Trinajstić information content (AvgIpc) is 3.22. The smallest absolute Gasteiger partial charge is 0.350 e. The minimum atomic E-state index is -4.73. The molecule has 1 aromatic carbocycles. The van der Waals surface area contributed by atoms with Crippen LogP contribution in [0.1, 0.15) is 28.9 Å². The molecular weight excluding hydrogens is 357 g/mol. The molecule has 0 bridgehead atoms. The topological polar surface area (TPSA) is 59.0 Å². The van der Waals surface area contributed by atoms with E-state index in [-0.39, 0.29) is 18.3 Å². The number of carbonyl (C=O) groups excluding carboxylic acids is 1. The number of hydrogen-bond donors (Lipinski definition) is 2. The molecule has 1 unspecified atom stereocenters. The van der Waals surface area contributed by atoms with Crippen molar-refractivity contribution < 1.29 is 18.0 Å². The van der Waals surface area contributed by atoms with E-state index < -0.39 is 23.3 Å². The molecule has 1 atom stereocenters. The highest BCUT2D eigenvalue weighted by atomic mass is 35.5. The molecule has 5 nitrogen and oxygen atoms in total. The second-order valence-electron chi connectivity index (χ2n) is 5.80. The van der Waals surface area contributed by atoms with Crippen LogP contribution >= 0.6 is 11.6 Å². The summed E-state index contributed by atoms with van der Waals surface area (Å²) in [6, 6.07) is 5.84. The van der Waals surface area contributed by atoms with E-state index in [9.17, 15) is 18.0 Å². The number of amides is 1. The van der Waals surface area contributed by atoms with Crippen LogP contribution in [-0.2, 0) is 6.18 Å². The molecule has 0 spiro atoms. The third-order valence-electron chi connectivity index (χ3n) is 4.02. The van der Waals surface area contributed by atoms with Crippen LogP contribution in [0.4, 0.5) is 13.2 Å². The Labute approximate surface area is 147 Å². The van der Waals surface area contributed by atoms with Crippen molar-refractivity contribution in [2.75, 3.05) is 13.1 Å². The summed E-state index contributed by atoms with van der Waals surface area (Å²) >= 11 is 5.77. The van der Waals surface area contributed by atoms with Gasteiger partial charge in [-0.1, -0.05) is 11.6 Å². The third kappa shape index (κ3) is 3.96. The Balaban J connectivity index is 1.88. The van der Waals surface area contributed by atoms with Crippen molar-refractivity contribution in [3.8, 4) is 5.69 Å². The molecule has 2 N–H and O–H groups in total. The Morgan fingerprint density at radius 3 is 2.68 bits per heavy atom. The van der Waals surface area contributed by atoms with Gasteiger partial charge in [0.15, 0.2) is 5.69 Å². The van der Waals surface area contributed by atoms with Gasteiger partial charge < -0.3 is 10.6 Å². The molecule has 1 aliphatic heterocycles. The fourth-order valence-electron chi connectivity index (χ4n) is 2.81. The molecule has 3 rings (SSSR count). The second kappa shape index (κ2) is 7.05. The van der Waals surface area contributed by atoms with Crippen LogP contribution in [0.2, 0.25) is 5.02 Å². The van der Waals surface area contributed by atoms with E-state index in [2.05, 4.69) is 15.7 Å². The molecule has 2 aromatic rings. The number of nitrogens with one attached hydrogen (secondary N) is 2. The van der Waals surface area contributed by atoms with Crippen molar-refractivity contribution in [2.45, 2.75) is 25.1 Å². The van der Waals surface area contributed by atoms with E-state index in [0.717, 1.165) is 25.6 Å². The van der Waals surface area contributed by atoms with Crippen LogP contribution < -0.4 is 10.6 Å². The Kier molecular flexibility index (Phi) is 5.01. The number of halogens is 4. The molecule has 0 aliphatic carbocycles. The quantitative estimate of drug-likeness (QED) is 0.867. The number of aromatic nitrogens is 2. The van der Waals surface area contributed by atoms with Gasteiger partial charge in [-0.05, 0) is 43.7 Å². The van der Waals surface area contributed by atoms with Crippen molar-refractivity contribution in [2.24, 2.45) is 0 Å². The predicted molar refractivity (Wildman–Crippen MR) is 86.9 cm³/mol. The molecule has 0 radical (unpaired) electrons. The first-order valence-electron chi connectivity index (χ1n) is 7.79. The van der Waals surface area contributed by atoms with Crippen molar-refractivity contribution in [1.29, 1.82) is 0 Å². The molecule has 25 heavy (non-hydrogen) atoms. The standard InChI is InChI=1S/C16H16ClF3N4O/c17-10-3-5-12(6-4-10)24-14(16(18,19)20)13(9-23-24)15(25)22-8-11-2-1-7-21-11/h3-6,9,11,21H,1-2,7-8H2,(H,22,25). The highest BCUT2D eigenvalue weighted by Gasteiger charge is 2.40. The molecule has 1 fully saturated rings. The van der Waals surface area contributed by atoms with Crippen LogP contribution in [0.15, 0.2) is 30.5 Å². The minimum absolute atomic E-state index is 0.0876. The normalized spacial score (nSPS) is 17.7. The average molecular weight is 373 g/mol. The SMILES string of the molecule is O=C(NCC1CCCN1)c1cnn(-c2ccc(Cl)cc2)c1C(F)(F)F. The lowest BCUT2D eigenvalue weighted by Gasteiger charge is -2.14. The van der Waals surface area contributed by atoms with E-state index >= 15 is 0 Å². The lowest BCUT2D eigenvalue weighted by atomic mass is 10.2. The molecule has 1 aromatic heterocycles. The van der Waals surface area contributed by atoms with Gasteiger partial charge >= 0.3 is 6.18 Å². The fraction of sp³-hybridized carbons (Fsp3) is 0.375. The van der Waals surface area contributed by atoms with E-state index in [1.165, 1.54) is 24.3 Å². The molecule has 2 heterocycles. The first-order chi connectivity index (χ1) is 11.9. The summed E-state index contributed by atoms with van der Waals surface area (Å²) in [5.74, 6) is -0.791. The van der Waals surface area contributed by atoms with Gasteiger partial charge in [0, 0.05) is 17.6 Å². The van der Waals surface area contributed by atoms with Gasteiger partial charge in [-0.25, -0.2) is 4.68 Å². The Morgan fingerprint density at radius 1 is 1.36 bits per heavy atom. The van der Waals surface area contributed by atoms with Gasteiger partial charge in [0.1, 0.15) is 0 Å². The summed E-state index contributed by atoms with van der Waals surface area (Å²) in [6.07, 6.45) is -1.91. The highest BCUT2D eigenvalue weighted by molar-refractivity contribution is 6.30. The van der Waals surface area contributed by atoms with Crippen LogP contribution in [0.3, 0.4) is 0 Å². The summed E-state index contributed by atoms with van der Waals surface area (Å²) in [7, 11) is 0. The summed E-state index contributed by atoms with van der Waals surface area (Å²) < 4.78 is 41.3. The molecule has 1 saturated heterocycles. The molecule has 0 saturated carbocycles. The molecule has 1 amide bonds. The second-order valence-corrected chi connectivity index (χ2v) is 6.23. The molecule has 9 heteroatoms. The van der Waals surface area contributed by atoms with Crippen molar-refractivity contribution in [3.63, 3.8) is 0 Å². The number of carbonyl (C=O) groups is 1. The van der Waals surface area contributed by atoms with Gasteiger partial charge in [-0.2, -0.15) is 18.3 Å².